The summed E-state index contributed by atoms with van der Waals surface area (Å²) < 4.78 is 6.25. The van der Waals surface area contributed by atoms with Crippen molar-refractivity contribution in [1.82, 2.24) is 15.2 Å². The van der Waals surface area contributed by atoms with Gasteiger partial charge in [-0.05, 0) is 30.9 Å². The number of hydrogen-bond donors (Lipinski definition) is 2. The monoisotopic (exact) mass is 405 g/mol. The van der Waals surface area contributed by atoms with E-state index in [9.17, 15) is 9.59 Å². The summed E-state index contributed by atoms with van der Waals surface area (Å²) in [6, 6.07) is 8.48. The topological polar surface area (TPSA) is 74.4 Å². The number of fused-ring (bicyclic) bond motifs is 2. The molecule has 156 valence electrons. The highest BCUT2D eigenvalue weighted by atomic mass is 16.5. The number of amides is 2. The fraction of sp³-hybridized carbons (Fsp3) is 0.500. The molecule has 1 spiro atoms. The minimum atomic E-state index is -0.625. The zero-order valence-corrected chi connectivity index (χ0v) is 17.0. The molecule has 2 amide bonds. The van der Waals surface area contributed by atoms with E-state index in [2.05, 4.69) is 22.4 Å². The van der Waals surface area contributed by atoms with Gasteiger partial charge in [0.2, 0.25) is 11.8 Å². The molecule has 1 aliphatic carbocycles. The molecule has 2 bridgehead atoms. The fourth-order valence-corrected chi connectivity index (χ4v) is 6.03. The number of para-hydroxylation sites is 1. The fourth-order valence-electron chi connectivity index (χ4n) is 6.03. The summed E-state index contributed by atoms with van der Waals surface area (Å²) in [6.07, 6.45) is 11.0. The van der Waals surface area contributed by atoms with Gasteiger partial charge in [0.25, 0.3) is 0 Å². The van der Waals surface area contributed by atoms with E-state index in [0.717, 1.165) is 24.8 Å². The Morgan fingerprint density at radius 3 is 2.97 bits per heavy atom. The van der Waals surface area contributed by atoms with Gasteiger partial charge in [0.05, 0.1) is 24.5 Å². The molecule has 2 aromatic rings. The smallest absolute Gasteiger partial charge is 0.230 e. The highest BCUT2D eigenvalue weighted by Gasteiger charge is 2.66. The molecule has 4 aliphatic rings. The van der Waals surface area contributed by atoms with Gasteiger partial charge in [-0.3, -0.25) is 9.59 Å². The van der Waals surface area contributed by atoms with E-state index in [1.165, 1.54) is 23.8 Å². The Labute approximate surface area is 175 Å². The zero-order valence-electron chi connectivity index (χ0n) is 17.0. The number of rotatable bonds is 5. The quantitative estimate of drug-likeness (QED) is 0.751. The molecule has 6 nitrogen and oxygen atoms in total. The maximum Gasteiger partial charge on any atom is 0.230 e. The first kappa shape index (κ1) is 18.2. The van der Waals surface area contributed by atoms with E-state index < -0.39 is 17.4 Å². The number of ether oxygens (including phenoxy) is 1. The van der Waals surface area contributed by atoms with Crippen LogP contribution in [-0.2, 0) is 20.7 Å². The highest BCUT2D eigenvalue weighted by molar-refractivity contribution is 5.93. The van der Waals surface area contributed by atoms with Gasteiger partial charge in [-0.15, -0.1) is 0 Å². The normalized spacial score (nSPS) is 32.5. The number of H-pyrrole nitrogens is 1. The van der Waals surface area contributed by atoms with Crippen LogP contribution in [0.3, 0.4) is 0 Å². The van der Waals surface area contributed by atoms with E-state index in [4.69, 9.17) is 4.74 Å². The van der Waals surface area contributed by atoms with Crippen LogP contribution < -0.4 is 5.32 Å². The first-order chi connectivity index (χ1) is 14.6. The second-order valence-corrected chi connectivity index (χ2v) is 9.26. The molecule has 6 rings (SSSR count). The van der Waals surface area contributed by atoms with Crippen LogP contribution in [0.5, 0.6) is 0 Å². The Balaban J connectivity index is 1.19. The van der Waals surface area contributed by atoms with Gasteiger partial charge in [-0.1, -0.05) is 43.2 Å². The third kappa shape index (κ3) is 2.66. The van der Waals surface area contributed by atoms with Crippen LogP contribution in [0.15, 0.2) is 42.6 Å². The number of carbonyl (C=O) groups excluding carboxylic acids is 2. The van der Waals surface area contributed by atoms with Gasteiger partial charge >= 0.3 is 0 Å². The van der Waals surface area contributed by atoms with Crippen LogP contribution >= 0.6 is 0 Å². The molecule has 4 heterocycles. The second-order valence-electron chi connectivity index (χ2n) is 9.26. The van der Waals surface area contributed by atoms with Crippen molar-refractivity contribution in [3.05, 3.63) is 48.2 Å². The average molecular weight is 405 g/mol. The lowest BCUT2D eigenvalue weighted by atomic mass is 9.76. The predicted octanol–water partition coefficient (Wildman–Crippen LogP) is 2.55. The molecule has 1 aromatic carbocycles. The Bertz CT molecular complexity index is 1040. The Morgan fingerprint density at radius 2 is 2.10 bits per heavy atom. The standard InChI is InChI=1S/C24H27N3O3/c28-22(26-16-5-1-2-6-16)20-19-9-11-24(30-19)14-27(23(29)21(20)24)12-10-15-13-25-18-8-4-3-7-17(15)18/h3-4,7-9,11,13,16,19-21,25H,1-2,5-6,10,12,14H2,(H,26,28)/t19-,20?,21?,24+/m0/s1. The van der Waals surface area contributed by atoms with Crippen LogP contribution in [0.4, 0.5) is 0 Å². The molecule has 2 unspecified atom stereocenters. The lowest BCUT2D eigenvalue weighted by molar-refractivity contribution is -0.137. The van der Waals surface area contributed by atoms with E-state index >= 15 is 0 Å². The number of nitrogens with zero attached hydrogens (tertiary/aromatic N) is 1. The molecule has 6 heteroatoms. The van der Waals surface area contributed by atoms with Crippen molar-refractivity contribution < 1.29 is 14.3 Å². The summed E-state index contributed by atoms with van der Waals surface area (Å²) >= 11 is 0. The summed E-state index contributed by atoms with van der Waals surface area (Å²) in [4.78, 5) is 31.6. The Hall–Kier alpha value is -2.60. The molecule has 2 saturated heterocycles. The number of carbonyl (C=O) groups is 2. The molecule has 1 saturated carbocycles. The van der Waals surface area contributed by atoms with Gasteiger partial charge in [-0.2, -0.15) is 0 Å². The summed E-state index contributed by atoms with van der Waals surface area (Å²) in [5.74, 6) is -0.735. The van der Waals surface area contributed by atoms with Crippen LogP contribution in [-0.4, -0.2) is 52.5 Å². The van der Waals surface area contributed by atoms with Gasteiger partial charge in [0.15, 0.2) is 0 Å². The summed E-state index contributed by atoms with van der Waals surface area (Å²) in [6.45, 7) is 1.18. The average Bonchev–Trinajstić information content (AvgIpc) is 3.55. The number of hydrogen-bond acceptors (Lipinski definition) is 3. The van der Waals surface area contributed by atoms with Gasteiger partial charge in [0, 0.05) is 29.7 Å². The van der Waals surface area contributed by atoms with Gasteiger partial charge < -0.3 is 19.9 Å². The van der Waals surface area contributed by atoms with Gasteiger partial charge in [-0.25, -0.2) is 0 Å². The van der Waals surface area contributed by atoms with Crippen molar-refractivity contribution >= 4 is 22.7 Å². The number of benzene rings is 1. The largest absolute Gasteiger partial charge is 0.361 e. The van der Waals surface area contributed by atoms with E-state index in [-0.39, 0.29) is 24.0 Å². The molecular weight excluding hydrogens is 378 g/mol. The molecule has 30 heavy (non-hydrogen) atoms. The maximum atomic E-state index is 13.4. The van der Waals surface area contributed by atoms with Gasteiger partial charge in [0.1, 0.15) is 5.60 Å². The SMILES string of the molecule is O=C(NC1CCCC1)C1C2C(=O)N(CCc3c[nH]c4ccccc34)C[C@]23C=C[C@@H]1O3. The molecule has 2 N–H and O–H groups in total. The van der Waals surface area contributed by atoms with E-state index in [1.807, 2.05) is 35.4 Å². The first-order valence-corrected chi connectivity index (χ1v) is 11.2. The lowest BCUT2D eigenvalue weighted by Gasteiger charge is -2.25. The van der Waals surface area contributed by atoms with Crippen molar-refractivity contribution in [2.75, 3.05) is 13.1 Å². The lowest BCUT2D eigenvalue weighted by Crippen LogP contribution is -2.46. The van der Waals surface area contributed by atoms with Crippen molar-refractivity contribution in [3.8, 4) is 0 Å². The maximum absolute atomic E-state index is 13.4. The number of likely N-dealkylation sites (tertiary alicyclic amines) is 1. The third-order valence-corrected chi connectivity index (χ3v) is 7.51. The van der Waals surface area contributed by atoms with Crippen molar-refractivity contribution in [2.24, 2.45) is 11.8 Å². The minimum Gasteiger partial charge on any atom is -0.361 e. The van der Waals surface area contributed by atoms with Crippen molar-refractivity contribution in [2.45, 2.75) is 49.9 Å². The van der Waals surface area contributed by atoms with Crippen LogP contribution in [0, 0.1) is 11.8 Å². The summed E-state index contributed by atoms with van der Waals surface area (Å²) in [5, 5.41) is 4.40. The second kappa shape index (κ2) is 6.71. The first-order valence-electron chi connectivity index (χ1n) is 11.2. The summed E-state index contributed by atoms with van der Waals surface area (Å²) in [5.41, 5.74) is 1.70. The van der Waals surface area contributed by atoms with Crippen LogP contribution in [0.25, 0.3) is 10.9 Å². The third-order valence-electron chi connectivity index (χ3n) is 7.51. The summed E-state index contributed by atoms with van der Waals surface area (Å²) in [7, 11) is 0. The van der Waals surface area contributed by atoms with Crippen molar-refractivity contribution in [1.29, 1.82) is 0 Å². The molecule has 3 aliphatic heterocycles. The van der Waals surface area contributed by atoms with Crippen molar-refractivity contribution in [3.63, 3.8) is 0 Å². The zero-order chi connectivity index (χ0) is 20.3. The molecule has 0 radical (unpaired) electrons. The highest BCUT2D eigenvalue weighted by Crippen LogP contribution is 2.52. The molecule has 4 atom stereocenters. The number of nitrogens with one attached hydrogen (secondary N) is 2. The molecule has 3 fully saturated rings. The minimum absolute atomic E-state index is 0.00467. The predicted molar refractivity (Wildman–Crippen MR) is 113 cm³/mol. The molecular formula is C24H27N3O3. The number of aromatic nitrogens is 1. The molecule has 1 aromatic heterocycles. The van der Waals surface area contributed by atoms with E-state index in [0.29, 0.717) is 13.1 Å². The van der Waals surface area contributed by atoms with Crippen LogP contribution in [0.1, 0.15) is 31.2 Å². The Morgan fingerprint density at radius 1 is 1.27 bits per heavy atom. The van der Waals surface area contributed by atoms with E-state index in [1.54, 1.807) is 0 Å². The Kier molecular flexibility index (Phi) is 4.07. The number of aromatic amines is 1. The van der Waals surface area contributed by atoms with Crippen LogP contribution in [0.2, 0.25) is 0 Å².